The Labute approximate surface area is 144 Å². The number of anilines is 1. The number of rotatable bonds is 5. The smallest absolute Gasteiger partial charge is 0.237 e. The normalized spacial score (nSPS) is 11.8. The molecule has 1 unspecified atom stereocenters. The monoisotopic (exact) mass is 355 g/mol. The summed E-state index contributed by atoms with van der Waals surface area (Å²) in [4.78, 5) is 13.3. The molecule has 0 aliphatic rings. The Morgan fingerprint density at radius 3 is 2.27 bits per heavy atom. The summed E-state index contributed by atoms with van der Waals surface area (Å²) >= 11 is 13.6. The Balaban J connectivity index is 2.02. The Bertz CT molecular complexity index is 641. The first kappa shape index (κ1) is 17.0. The molecule has 0 fully saturated rings. The van der Waals surface area contributed by atoms with E-state index in [2.05, 4.69) is 5.32 Å². The third kappa shape index (κ3) is 4.32. The highest BCUT2D eigenvalue weighted by Gasteiger charge is 2.17. The predicted molar refractivity (Wildman–Crippen MR) is 93.4 cm³/mol. The summed E-state index contributed by atoms with van der Waals surface area (Å²) < 4.78 is 5.11. The van der Waals surface area contributed by atoms with Crippen LogP contribution in [0, 0.1) is 0 Å². The topological polar surface area (TPSA) is 38.3 Å². The number of benzene rings is 2. The van der Waals surface area contributed by atoms with Crippen molar-refractivity contribution in [3.8, 4) is 5.75 Å². The Morgan fingerprint density at radius 1 is 1.14 bits per heavy atom. The lowest BCUT2D eigenvalue weighted by Gasteiger charge is -2.14. The first-order valence-electron chi connectivity index (χ1n) is 6.57. The molecule has 6 heteroatoms. The molecule has 0 aliphatic heterocycles. The van der Waals surface area contributed by atoms with E-state index in [-0.39, 0.29) is 11.2 Å². The zero-order valence-electron chi connectivity index (χ0n) is 12.1. The summed E-state index contributed by atoms with van der Waals surface area (Å²) in [6, 6.07) is 12.6. The molecule has 22 heavy (non-hydrogen) atoms. The molecule has 2 rings (SSSR count). The highest BCUT2D eigenvalue weighted by atomic mass is 35.5. The van der Waals surface area contributed by atoms with Crippen LogP contribution >= 0.6 is 35.0 Å². The molecule has 2 aromatic rings. The van der Waals surface area contributed by atoms with Gasteiger partial charge in [-0.15, -0.1) is 11.8 Å². The second kappa shape index (κ2) is 7.77. The lowest BCUT2D eigenvalue weighted by atomic mass is 10.3. The van der Waals surface area contributed by atoms with Crippen molar-refractivity contribution in [2.24, 2.45) is 0 Å². The van der Waals surface area contributed by atoms with Gasteiger partial charge in [-0.2, -0.15) is 0 Å². The number of thioether (sulfide) groups is 1. The summed E-state index contributed by atoms with van der Waals surface area (Å²) in [5.74, 6) is 0.625. The van der Waals surface area contributed by atoms with Crippen molar-refractivity contribution in [2.75, 3.05) is 12.4 Å². The third-order valence-electron chi connectivity index (χ3n) is 2.95. The van der Waals surface area contributed by atoms with Crippen molar-refractivity contribution in [3.63, 3.8) is 0 Å². The minimum Gasteiger partial charge on any atom is -0.497 e. The van der Waals surface area contributed by atoms with Gasteiger partial charge in [-0.25, -0.2) is 0 Å². The Kier molecular flexibility index (Phi) is 6.00. The van der Waals surface area contributed by atoms with Gasteiger partial charge in [0.1, 0.15) is 5.75 Å². The van der Waals surface area contributed by atoms with Crippen LogP contribution < -0.4 is 10.1 Å². The van der Waals surface area contributed by atoms with Crippen LogP contribution in [-0.2, 0) is 4.79 Å². The minimum atomic E-state index is -0.291. The first-order valence-corrected chi connectivity index (χ1v) is 8.20. The first-order chi connectivity index (χ1) is 10.5. The minimum absolute atomic E-state index is 0.157. The number of carbonyl (C=O) groups is 1. The van der Waals surface area contributed by atoms with Gasteiger partial charge < -0.3 is 10.1 Å². The van der Waals surface area contributed by atoms with Gasteiger partial charge in [0.25, 0.3) is 0 Å². The number of hydrogen-bond acceptors (Lipinski definition) is 3. The van der Waals surface area contributed by atoms with E-state index in [0.29, 0.717) is 15.7 Å². The van der Waals surface area contributed by atoms with Crippen molar-refractivity contribution in [2.45, 2.75) is 17.1 Å². The fourth-order valence-corrected chi connectivity index (χ4v) is 3.11. The van der Waals surface area contributed by atoms with Gasteiger partial charge in [0.15, 0.2) is 0 Å². The number of hydrogen-bond donors (Lipinski definition) is 1. The predicted octanol–water partition coefficient (Wildman–Crippen LogP) is 5.12. The lowest BCUT2D eigenvalue weighted by Crippen LogP contribution is -2.22. The Morgan fingerprint density at radius 2 is 1.73 bits per heavy atom. The molecule has 3 nitrogen and oxygen atoms in total. The highest BCUT2D eigenvalue weighted by molar-refractivity contribution is 8.00. The fraction of sp³-hybridized carbons (Fsp3) is 0.188. The maximum Gasteiger partial charge on any atom is 0.237 e. The van der Waals surface area contributed by atoms with Gasteiger partial charge in [-0.05, 0) is 43.3 Å². The maximum absolute atomic E-state index is 12.3. The second-order valence-electron chi connectivity index (χ2n) is 4.52. The second-order valence-corrected chi connectivity index (χ2v) is 6.75. The number of carbonyl (C=O) groups excluding carboxylic acids is 1. The van der Waals surface area contributed by atoms with Gasteiger partial charge in [0.2, 0.25) is 5.91 Å². The van der Waals surface area contributed by atoms with Crippen molar-refractivity contribution >= 4 is 46.6 Å². The molecule has 116 valence electrons. The average Bonchev–Trinajstić information content (AvgIpc) is 2.51. The zero-order valence-corrected chi connectivity index (χ0v) is 14.4. The van der Waals surface area contributed by atoms with E-state index in [1.807, 2.05) is 31.2 Å². The molecule has 2 aromatic carbocycles. The van der Waals surface area contributed by atoms with Crippen molar-refractivity contribution in [1.82, 2.24) is 0 Å². The van der Waals surface area contributed by atoms with Crippen LogP contribution in [0.15, 0.2) is 47.4 Å². The molecule has 0 aromatic heterocycles. The van der Waals surface area contributed by atoms with Gasteiger partial charge in [-0.3, -0.25) is 4.79 Å². The van der Waals surface area contributed by atoms with E-state index in [9.17, 15) is 4.79 Å². The molecule has 1 atom stereocenters. The Hall–Kier alpha value is -1.36. The number of amides is 1. The zero-order chi connectivity index (χ0) is 16.1. The van der Waals surface area contributed by atoms with Crippen molar-refractivity contribution in [1.29, 1.82) is 0 Å². The average molecular weight is 356 g/mol. The van der Waals surface area contributed by atoms with Gasteiger partial charge in [0, 0.05) is 4.90 Å². The maximum atomic E-state index is 12.3. The molecular formula is C16H15Cl2NO2S. The lowest BCUT2D eigenvalue weighted by molar-refractivity contribution is -0.115. The van der Waals surface area contributed by atoms with Gasteiger partial charge in [0.05, 0.1) is 28.1 Å². The molecular weight excluding hydrogens is 341 g/mol. The summed E-state index contributed by atoms with van der Waals surface area (Å²) in [5.41, 5.74) is 0.443. The van der Waals surface area contributed by atoms with Gasteiger partial charge in [-0.1, -0.05) is 29.3 Å². The highest BCUT2D eigenvalue weighted by Crippen LogP contribution is 2.31. The van der Waals surface area contributed by atoms with Crippen molar-refractivity contribution in [3.05, 3.63) is 52.5 Å². The quantitative estimate of drug-likeness (QED) is 0.756. The molecule has 1 N–H and O–H groups in total. The molecule has 0 radical (unpaired) electrons. The van der Waals surface area contributed by atoms with Crippen LogP contribution in [0.25, 0.3) is 0 Å². The molecule has 0 spiro atoms. The number of para-hydroxylation sites is 1. The van der Waals surface area contributed by atoms with E-state index < -0.39 is 0 Å². The SMILES string of the molecule is COc1ccc(SC(C)C(=O)Nc2c(Cl)cccc2Cl)cc1. The molecule has 0 saturated heterocycles. The molecule has 0 bridgehead atoms. The number of methoxy groups -OCH3 is 1. The molecule has 1 amide bonds. The van der Waals surface area contributed by atoms with E-state index in [1.54, 1.807) is 25.3 Å². The number of halogens is 2. The molecule has 0 saturated carbocycles. The van der Waals surface area contributed by atoms with Crippen LogP contribution in [0.3, 0.4) is 0 Å². The summed E-state index contributed by atoms with van der Waals surface area (Å²) in [6.07, 6.45) is 0. The summed E-state index contributed by atoms with van der Waals surface area (Å²) in [5, 5.41) is 3.32. The van der Waals surface area contributed by atoms with Crippen molar-refractivity contribution < 1.29 is 9.53 Å². The van der Waals surface area contributed by atoms with Crippen LogP contribution in [0.2, 0.25) is 10.0 Å². The number of ether oxygens (including phenoxy) is 1. The van der Waals surface area contributed by atoms with Crippen LogP contribution in [0.4, 0.5) is 5.69 Å². The summed E-state index contributed by atoms with van der Waals surface area (Å²) in [7, 11) is 1.62. The standard InChI is InChI=1S/C16H15Cl2NO2S/c1-10(22-12-8-6-11(21-2)7-9-12)16(20)19-15-13(17)4-3-5-14(15)18/h3-10H,1-2H3,(H,19,20). The van der Waals surface area contributed by atoms with Crippen LogP contribution in [0.1, 0.15) is 6.92 Å². The molecule has 0 aliphatic carbocycles. The van der Waals surface area contributed by atoms with Crippen LogP contribution in [0.5, 0.6) is 5.75 Å². The van der Waals surface area contributed by atoms with E-state index >= 15 is 0 Å². The third-order valence-corrected chi connectivity index (χ3v) is 4.69. The fourth-order valence-electron chi connectivity index (χ4n) is 1.75. The van der Waals surface area contributed by atoms with E-state index in [0.717, 1.165) is 10.6 Å². The number of nitrogens with one attached hydrogen (secondary N) is 1. The van der Waals surface area contributed by atoms with E-state index in [4.69, 9.17) is 27.9 Å². The van der Waals surface area contributed by atoms with Gasteiger partial charge >= 0.3 is 0 Å². The summed E-state index contributed by atoms with van der Waals surface area (Å²) in [6.45, 7) is 1.83. The molecule has 0 heterocycles. The van der Waals surface area contributed by atoms with E-state index in [1.165, 1.54) is 11.8 Å². The largest absolute Gasteiger partial charge is 0.497 e. The van der Waals surface area contributed by atoms with Crippen LogP contribution in [-0.4, -0.2) is 18.3 Å².